The number of piperidine rings is 1. The summed E-state index contributed by atoms with van der Waals surface area (Å²) in [6.45, 7) is 3.63. The number of hydrogen-bond donors (Lipinski definition) is 1. The molecule has 1 unspecified atom stereocenters. The number of amides is 1. The number of thiocarbonyl (C=S) groups is 1. The molecule has 1 amide bonds. The van der Waals surface area contributed by atoms with Gasteiger partial charge in [0.15, 0.2) is 0 Å². The summed E-state index contributed by atoms with van der Waals surface area (Å²) < 4.78 is 1.49. The lowest BCUT2D eigenvalue weighted by Gasteiger charge is -2.25. The molecule has 1 aliphatic heterocycles. The van der Waals surface area contributed by atoms with Gasteiger partial charge in [-0.15, -0.1) is 0 Å². The van der Waals surface area contributed by atoms with Gasteiger partial charge in [0, 0.05) is 6.42 Å². The third-order valence-electron chi connectivity index (χ3n) is 3.84. The van der Waals surface area contributed by atoms with Crippen LogP contribution in [-0.2, 0) is 4.79 Å². The van der Waals surface area contributed by atoms with Crippen LogP contribution in [0.5, 0.6) is 0 Å². The Balaban J connectivity index is 2.24. The number of hydrogen-bond acceptors (Lipinski definition) is 4. The minimum atomic E-state index is -0.541. The fraction of sp³-hybridized carbons (Fsp3) is 0.333. The first-order chi connectivity index (χ1) is 9.99. The zero-order chi connectivity index (χ0) is 15.1. The quantitative estimate of drug-likeness (QED) is 0.816. The number of fused-ring (bicyclic) bond motifs is 1. The minimum Gasteiger partial charge on any atom is -0.319 e. The summed E-state index contributed by atoms with van der Waals surface area (Å²) in [6, 6.07) is 5.03. The van der Waals surface area contributed by atoms with Crippen LogP contribution in [0.2, 0.25) is 0 Å². The van der Waals surface area contributed by atoms with Crippen LogP contribution in [-0.4, -0.2) is 20.4 Å². The summed E-state index contributed by atoms with van der Waals surface area (Å²) in [7, 11) is 0. The predicted molar refractivity (Wildman–Crippen MR) is 84.5 cm³/mol. The van der Waals surface area contributed by atoms with Gasteiger partial charge < -0.3 is 5.32 Å². The second-order valence-electron chi connectivity index (χ2n) is 5.27. The molecular weight excluding hydrogens is 286 g/mol. The van der Waals surface area contributed by atoms with E-state index in [-0.39, 0.29) is 11.5 Å². The van der Waals surface area contributed by atoms with Gasteiger partial charge in [0.25, 0.3) is 5.56 Å². The van der Waals surface area contributed by atoms with Gasteiger partial charge in [0.05, 0.1) is 15.9 Å². The molecule has 21 heavy (non-hydrogen) atoms. The first kappa shape index (κ1) is 13.9. The summed E-state index contributed by atoms with van der Waals surface area (Å²) >= 11 is 5.01. The van der Waals surface area contributed by atoms with Crippen molar-refractivity contribution in [2.45, 2.75) is 32.7 Å². The SMILES string of the molecule is Cc1cccc2nc(C)n(C3CCC(=S)NC3=O)c(=O)c12. The second kappa shape index (κ2) is 5.04. The van der Waals surface area contributed by atoms with E-state index in [1.165, 1.54) is 4.57 Å². The van der Waals surface area contributed by atoms with Crippen LogP contribution in [0.25, 0.3) is 10.9 Å². The molecule has 1 N–H and O–H groups in total. The number of benzene rings is 1. The smallest absolute Gasteiger partial charge is 0.262 e. The maximum Gasteiger partial charge on any atom is 0.262 e. The van der Waals surface area contributed by atoms with Crippen molar-refractivity contribution in [3.05, 3.63) is 39.9 Å². The number of carbonyl (C=O) groups excluding carboxylic acids is 1. The van der Waals surface area contributed by atoms with Crippen molar-refractivity contribution in [3.63, 3.8) is 0 Å². The van der Waals surface area contributed by atoms with Gasteiger partial charge in [-0.2, -0.15) is 0 Å². The Bertz CT molecular complexity index is 826. The van der Waals surface area contributed by atoms with E-state index >= 15 is 0 Å². The first-order valence-corrected chi connectivity index (χ1v) is 7.22. The van der Waals surface area contributed by atoms with E-state index in [9.17, 15) is 9.59 Å². The highest BCUT2D eigenvalue weighted by Gasteiger charge is 2.29. The number of rotatable bonds is 1. The lowest BCUT2D eigenvalue weighted by molar-refractivity contribution is -0.123. The van der Waals surface area contributed by atoms with Crippen LogP contribution in [0.4, 0.5) is 0 Å². The van der Waals surface area contributed by atoms with Gasteiger partial charge in [-0.3, -0.25) is 14.2 Å². The maximum absolute atomic E-state index is 12.8. The predicted octanol–water partition coefficient (Wildman–Crippen LogP) is 1.79. The van der Waals surface area contributed by atoms with E-state index < -0.39 is 6.04 Å². The van der Waals surface area contributed by atoms with Gasteiger partial charge in [-0.05, 0) is 31.9 Å². The Morgan fingerprint density at radius 2 is 2.10 bits per heavy atom. The Morgan fingerprint density at radius 3 is 2.81 bits per heavy atom. The summed E-state index contributed by atoms with van der Waals surface area (Å²) in [6.07, 6.45) is 1.13. The van der Waals surface area contributed by atoms with Gasteiger partial charge in [0.1, 0.15) is 11.9 Å². The first-order valence-electron chi connectivity index (χ1n) is 6.81. The number of nitrogens with zero attached hydrogens (tertiary/aromatic N) is 2. The molecule has 1 aliphatic rings. The molecule has 0 bridgehead atoms. The highest BCUT2D eigenvalue weighted by Crippen LogP contribution is 2.21. The second-order valence-corrected chi connectivity index (χ2v) is 5.76. The normalized spacial score (nSPS) is 18.9. The molecule has 1 atom stereocenters. The maximum atomic E-state index is 12.8. The standard InChI is InChI=1S/C15H15N3O2S/c1-8-4-3-5-10-13(8)15(20)18(9(2)16-10)11-6-7-12(21)17-14(11)19/h3-5,11H,6-7H2,1-2H3,(H,17,19,21). The molecule has 1 aromatic heterocycles. The summed E-state index contributed by atoms with van der Waals surface area (Å²) in [4.78, 5) is 30.0. The minimum absolute atomic E-state index is 0.163. The Labute approximate surface area is 127 Å². The molecule has 1 aromatic carbocycles. The molecule has 2 aromatic rings. The van der Waals surface area contributed by atoms with Crippen LogP contribution in [0.15, 0.2) is 23.0 Å². The van der Waals surface area contributed by atoms with E-state index in [0.29, 0.717) is 34.6 Å². The summed E-state index contributed by atoms with van der Waals surface area (Å²) in [5.41, 5.74) is 1.37. The van der Waals surface area contributed by atoms with Crippen LogP contribution < -0.4 is 10.9 Å². The molecule has 108 valence electrons. The Hall–Kier alpha value is -2.08. The molecule has 6 heteroatoms. The third kappa shape index (κ3) is 2.25. The van der Waals surface area contributed by atoms with E-state index in [1.807, 2.05) is 25.1 Å². The highest BCUT2D eigenvalue weighted by molar-refractivity contribution is 7.80. The largest absolute Gasteiger partial charge is 0.319 e. The average Bonchev–Trinajstić information content (AvgIpc) is 2.40. The number of aryl methyl sites for hydroxylation is 2. The molecule has 0 aliphatic carbocycles. The molecule has 3 rings (SSSR count). The number of carbonyl (C=O) groups is 1. The number of aromatic nitrogens is 2. The lowest BCUT2D eigenvalue weighted by Crippen LogP contribution is -2.44. The van der Waals surface area contributed by atoms with E-state index in [4.69, 9.17) is 12.2 Å². The van der Waals surface area contributed by atoms with Crippen molar-refractivity contribution in [1.29, 1.82) is 0 Å². The average molecular weight is 301 g/mol. The van der Waals surface area contributed by atoms with Crippen molar-refractivity contribution >= 4 is 34.0 Å². The lowest BCUT2D eigenvalue weighted by atomic mass is 10.1. The molecule has 0 saturated carbocycles. The zero-order valence-corrected chi connectivity index (χ0v) is 12.7. The van der Waals surface area contributed by atoms with Gasteiger partial charge in [-0.25, -0.2) is 4.98 Å². The van der Waals surface area contributed by atoms with Crippen molar-refractivity contribution < 1.29 is 4.79 Å². The van der Waals surface area contributed by atoms with E-state index in [1.54, 1.807) is 6.92 Å². The molecule has 0 spiro atoms. The van der Waals surface area contributed by atoms with Crippen molar-refractivity contribution in [2.75, 3.05) is 0 Å². The fourth-order valence-corrected chi connectivity index (χ4v) is 3.03. The molecule has 5 nitrogen and oxygen atoms in total. The zero-order valence-electron chi connectivity index (χ0n) is 11.8. The summed E-state index contributed by atoms with van der Waals surface area (Å²) in [5.74, 6) is 0.317. The van der Waals surface area contributed by atoms with Crippen molar-refractivity contribution in [1.82, 2.24) is 14.9 Å². The number of nitrogens with one attached hydrogen (secondary N) is 1. The topological polar surface area (TPSA) is 64.0 Å². The molecule has 1 saturated heterocycles. The van der Waals surface area contributed by atoms with E-state index in [2.05, 4.69) is 10.3 Å². The Morgan fingerprint density at radius 1 is 1.33 bits per heavy atom. The van der Waals surface area contributed by atoms with Crippen molar-refractivity contribution in [2.24, 2.45) is 0 Å². The third-order valence-corrected chi connectivity index (χ3v) is 4.14. The van der Waals surface area contributed by atoms with Crippen LogP contribution in [0, 0.1) is 13.8 Å². The Kier molecular flexibility index (Phi) is 3.33. The van der Waals surface area contributed by atoms with Gasteiger partial charge >= 0.3 is 0 Å². The van der Waals surface area contributed by atoms with Crippen LogP contribution in [0.1, 0.15) is 30.3 Å². The monoisotopic (exact) mass is 301 g/mol. The summed E-state index contributed by atoms with van der Waals surface area (Å²) in [5, 5.41) is 3.22. The fourth-order valence-electron chi connectivity index (χ4n) is 2.81. The molecule has 2 heterocycles. The molecule has 1 fully saturated rings. The van der Waals surface area contributed by atoms with Gasteiger partial charge in [-0.1, -0.05) is 24.4 Å². The van der Waals surface area contributed by atoms with E-state index in [0.717, 1.165) is 5.56 Å². The molecule has 0 radical (unpaired) electrons. The van der Waals surface area contributed by atoms with Gasteiger partial charge in [0.2, 0.25) is 5.91 Å². The molecular formula is C15H15N3O2S. The van der Waals surface area contributed by atoms with Crippen LogP contribution in [0.3, 0.4) is 0 Å². The van der Waals surface area contributed by atoms with Crippen LogP contribution >= 0.6 is 12.2 Å². The van der Waals surface area contributed by atoms with Crippen molar-refractivity contribution in [3.8, 4) is 0 Å². The highest BCUT2D eigenvalue weighted by atomic mass is 32.1.